The van der Waals surface area contributed by atoms with Gasteiger partial charge in [-0.1, -0.05) is 23.2 Å². The van der Waals surface area contributed by atoms with E-state index < -0.39 is 18.0 Å². The summed E-state index contributed by atoms with van der Waals surface area (Å²) in [7, 11) is 1.54. The lowest BCUT2D eigenvalue weighted by atomic mass is 9.92. The van der Waals surface area contributed by atoms with E-state index in [1.807, 2.05) is 18.7 Å². The number of hydrogen-bond donors (Lipinski definition) is 3. The summed E-state index contributed by atoms with van der Waals surface area (Å²) in [6.07, 6.45) is 3.67. The van der Waals surface area contributed by atoms with E-state index in [-0.39, 0.29) is 11.4 Å². The van der Waals surface area contributed by atoms with Gasteiger partial charge in [0.25, 0.3) is 0 Å². The number of aromatic nitrogens is 4. The predicted octanol–water partition coefficient (Wildman–Crippen LogP) is 5.16. The van der Waals surface area contributed by atoms with Crippen molar-refractivity contribution in [1.29, 1.82) is 0 Å². The molecule has 0 radical (unpaired) electrons. The Balaban J connectivity index is 1.41. The van der Waals surface area contributed by atoms with Crippen LogP contribution in [0.3, 0.4) is 0 Å². The second-order valence-electron chi connectivity index (χ2n) is 10.1. The Bertz CT molecular complexity index is 1490. The molecule has 5 rings (SSSR count). The molecule has 4 aromatic rings. The van der Waals surface area contributed by atoms with Gasteiger partial charge in [0.15, 0.2) is 23.1 Å². The molecule has 0 unspecified atom stereocenters. The molecule has 4 heterocycles. The zero-order valence-electron chi connectivity index (χ0n) is 21.9. The van der Waals surface area contributed by atoms with Gasteiger partial charge in [-0.05, 0) is 32.9 Å². The molecular weight excluding hydrogens is 546 g/mol. The molecule has 0 saturated carbocycles. The number of fused-ring (bicyclic) bond motifs is 1. The van der Waals surface area contributed by atoms with Crippen LogP contribution in [0.2, 0.25) is 10.0 Å². The maximum absolute atomic E-state index is 15.2. The molecule has 1 saturated heterocycles. The lowest BCUT2D eigenvalue weighted by molar-refractivity contribution is 0.163. The highest BCUT2D eigenvalue weighted by Crippen LogP contribution is 2.40. The van der Waals surface area contributed by atoms with Crippen molar-refractivity contribution < 1.29 is 19.0 Å². The van der Waals surface area contributed by atoms with Gasteiger partial charge in [0.2, 0.25) is 0 Å². The van der Waals surface area contributed by atoms with Crippen molar-refractivity contribution in [3.63, 3.8) is 0 Å². The van der Waals surface area contributed by atoms with Crippen LogP contribution in [0.15, 0.2) is 36.8 Å². The zero-order chi connectivity index (χ0) is 27.9. The topological polar surface area (TPSA) is 108 Å². The van der Waals surface area contributed by atoms with Crippen LogP contribution < -0.4 is 19.7 Å². The average molecular weight is 575 g/mol. The van der Waals surface area contributed by atoms with Gasteiger partial charge in [0.05, 0.1) is 34.3 Å². The van der Waals surface area contributed by atoms with Crippen molar-refractivity contribution in [2.45, 2.75) is 38.5 Å². The molecule has 9 nitrogen and oxygen atoms in total. The first kappa shape index (κ1) is 27.4. The summed E-state index contributed by atoms with van der Waals surface area (Å²) >= 11 is 12.6. The maximum Gasteiger partial charge on any atom is 0.166 e. The van der Waals surface area contributed by atoms with Crippen LogP contribution in [0.25, 0.3) is 22.2 Å². The fourth-order valence-corrected chi connectivity index (χ4v) is 5.47. The Morgan fingerprint density at radius 3 is 2.51 bits per heavy atom. The molecule has 1 aromatic carbocycles. The van der Waals surface area contributed by atoms with Gasteiger partial charge < -0.3 is 24.8 Å². The summed E-state index contributed by atoms with van der Waals surface area (Å²) in [4.78, 5) is 10.3. The van der Waals surface area contributed by atoms with Crippen LogP contribution in [-0.4, -0.2) is 63.7 Å². The molecule has 0 bridgehead atoms. The average Bonchev–Trinajstić information content (AvgIpc) is 3.28. The molecule has 39 heavy (non-hydrogen) atoms. The third-order valence-corrected chi connectivity index (χ3v) is 7.35. The number of hydrogen-bond acceptors (Lipinski definition) is 8. The van der Waals surface area contributed by atoms with Crippen molar-refractivity contribution in [3.05, 3.63) is 58.2 Å². The van der Waals surface area contributed by atoms with Crippen molar-refractivity contribution in [2.75, 3.05) is 31.6 Å². The molecule has 3 aromatic heterocycles. The van der Waals surface area contributed by atoms with E-state index in [1.54, 1.807) is 32.4 Å². The van der Waals surface area contributed by atoms with Gasteiger partial charge in [0, 0.05) is 60.8 Å². The van der Waals surface area contributed by atoms with Crippen LogP contribution in [0.1, 0.15) is 32.4 Å². The first-order valence-electron chi connectivity index (χ1n) is 12.4. The third kappa shape index (κ3) is 5.47. The summed E-state index contributed by atoms with van der Waals surface area (Å²) in [5, 5.41) is 21.7. The van der Waals surface area contributed by atoms with E-state index in [1.165, 1.54) is 18.5 Å². The smallest absolute Gasteiger partial charge is 0.166 e. The monoisotopic (exact) mass is 574 g/mol. The summed E-state index contributed by atoms with van der Waals surface area (Å²) in [5.41, 5.74) is 2.12. The second-order valence-corrected chi connectivity index (χ2v) is 10.9. The number of aliphatic hydroxyl groups excluding tert-OH is 1. The molecule has 3 N–H and O–H groups in total. The van der Waals surface area contributed by atoms with Gasteiger partial charge in [-0.25, -0.2) is 9.37 Å². The number of aliphatic hydroxyl groups is 1. The number of ether oxygens (including phenoxy) is 2. The highest BCUT2D eigenvalue weighted by atomic mass is 35.5. The number of nitrogens with zero attached hydrogens (tertiary/aromatic N) is 4. The molecule has 12 heteroatoms. The van der Waals surface area contributed by atoms with Crippen LogP contribution in [-0.2, 0) is 0 Å². The number of aromatic amines is 1. The number of H-pyrrole nitrogens is 1. The number of benzene rings is 1. The lowest BCUT2D eigenvalue weighted by Gasteiger charge is -2.49. The van der Waals surface area contributed by atoms with Crippen LogP contribution in [0, 0.1) is 5.82 Å². The Kier molecular flexibility index (Phi) is 7.56. The van der Waals surface area contributed by atoms with E-state index in [9.17, 15) is 5.11 Å². The Hall–Kier alpha value is -3.18. The largest absolute Gasteiger partial charge is 0.493 e. The maximum atomic E-state index is 15.2. The Labute approximate surface area is 235 Å². The second kappa shape index (κ2) is 10.8. The molecular formula is C27H29Cl2FN6O3. The van der Waals surface area contributed by atoms with Crippen LogP contribution >= 0.6 is 23.2 Å². The fourth-order valence-electron chi connectivity index (χ4n) is 4.80. The Morgan fingerprint density at radius 2 is 1.87 bits per heavy atom. The van der Waals surface area contributed by atoms with Crippen molar-refractivity contribution in [2.24, 2.45) is 0 Å². The molecule has 0 aliphatic carbocycles. The Morgan fingerprint density at radius 1 is 1.15 bits per heavy atom. The van der Waals surface area contributed by atoms with E-state index >= 15 is 4.39 Å². The SMILES string of the molecule is COc1cc2[nH]nc(-c3cnc(N4CC(C)(NC[C@H](C)O)C4)c(F)c3)c2cc1O[C@H](C)c1c(Cl)cncc1Cl. The minimum Gasteiger partial charge on any atom is -0.493 e. The normalized spacial score (nSPS) is 16.2. The number of rotatable bonds is 9. The highest BCUT2D eigenvalue weighted by Gasteiger charge is 2.40. The summed E-state index contributed by atoms with van der Waals surface area (Å²) in [5.74, 6) is 0.761. The standard InChI is InChI=1S/C27H29Cl2FN6O3/c1-14(37)8-33-27(3)12-36(13-27)26-20(30)5-16(9-32-26)25-17-6-23(22(38-4)7-21(17)34-35-25)39-15(2)24-18(28)10-31-11-19(24)29/h5-7,9-11,14-15,33,37H,8,12-13H2,1-4H3,(H,34,35)/t14-,15+/m0/s1. The fraction of sp³-hybridized carbons (Fsp3) is 0.370. The summed E-state index contributed by atoms with van der Waals surface area (Å²) in [6.45, 7) is 7.23. The number of anilines is 1. The number of halogens is 3. The minimum atomic E-state index is -0.509. The van der Waals surface area contributed by atoms with E-state index in [4.69, 9.17) is 32.7 Å². The van der Waals surface area contributed by atoms with Crippen molar-refractivity contribution >= 4 is 39.9 Å². The van der Waals surface area contributed by atoms with Gasteiger partial charge in [-0.15, -0.1) is 0 Å². The molecule has 206 valence electrons. The van der Waals surface area contributed by atoms with Gasteiger partial charge in [-0.3, -0.25) is 10.1 Å². The van der Waals surface area contributed by atoms with Crippen molar-refractivity contribution in [1.82, 2.24) is 25.5 Å². The number of β-amino-alcohol motifs (C(OH)–C–C–N with tert-alkyl or cyclic N) is 1. The summed E-state index contributed by atoms with van der Waals surface area (Å²) in [6, 6.07) is 4.98. The molecule has 0 spiro atoms. The molecule has 2 atom stereocenters. The van der Waals surface area contributed by atoms with Gasteiger partial charge in [-0.2, -0.15) is 5.10 Å². The molecule has 1 aliphatic rings. The van der Waals surface area contributed by atoms with Crippen molar-refractivity contribution in [3.8, 4) is 22.8 Å². The highest BCUT2D eigenvalue weighted by molar-refractivity contribution is 6.35. The van der Waals surface area contributed by atoms with Crippen LogP contribution in [0.4, 0.5) is 10.2 Å². The molecule has 1 fully saturated rings. The van der Waals surface area contributed by atoms with E-state index in [2.05, 4.69) is 25.5 Å². The van der Waals surface area contributed by atoms with E-state index in [0.29, 0.717) is 68.9 Å². The number of methoxy groups -OCH3 is 1. The predicted molar refractivity (Wildman–Crippen MR) is 149 cm³/mol. The number of pyridine rings is 2. The zero-order valence-corrected chi connectivity index (χ0v) is 23.4. The summed E-state index contributed by atoms with van der Waals surface area (Å²) < 4.78 is 27.0. The number of nitrogens with one attached hydrogen (secondary N) is 2. The first-order valence-corrected chi connectivity index (χ1v) is 13.2. The van der Waals surface area contributed by atoms with Gasteiger partial charge >= 0.3 is 0 Å². The van der Waals surface area contributed by atoms with Gasteiger partial charge in [0.1, 0.15) is 11.8 Å². The van der Waals surface area contributed by atoms with Crippen LogP contribution in [0.5, 0.6) is 11.5 Å². The van der Waals surface area contributed by atoms with E-state index in [0.717, 1.165) is 0 Å². The minimum absolute atomic E-state index is 0.209. The lowest BCUT2D eigenvalue weighted by Crippen LogP contribution is -2.68. The molecule has 1 aliphatic heterocycles. The third-order valence-electron chi connectivity index (χ3n) is 6.75. The first-order chi connectivity index (χ1) is 18.6. The molecule has 0 amide bonds. The quantitative estimate of drug-likeness (QED) is 0.251.